The van der Waals surface area contributed by atoms with Crippen LogP contribution in [0.25, 0.3) is 5.76 Å². The van der Waals surface area contributed by atoms with E-state index in [1.165, 1.54) is 0 Å². The van der Waals surface area contributed by atoms with Crippen molar-refractivity contribution in [3.63, 3.8) is 0 Å². The maximum atomic E-state index is 5.29. The Labute approximate surface area is 65.5 Å². The van der Waals surface area contributed by atoms with Gasteiger partial charge in [0.25, 0.3) is 0 Å². The van der Waals surface area contributed by atoms with Crippen LogP contribution in [0.4, 0.5) is 0 Å². The van der Waals surface area contributed by atoms with Crippen molar-refractivity contribution in [2.75, 3.05) is 6.73 Å². The highest BCUT2D eigenvalue weighted by Gasteiger charge is 2.05. The largest absolute Gasteiger partial charge is 0.471 e. The average Bonchev–Trinajstić information content (AvgIpc) is 2.58. The standard InChI is InChI=1S/C9H9NO/c1-2-4-8(5-3-1)9-6-10-7-11-9/h1-6,10H,7H2. The molecule has 0 unspecified atom stereocenters. The van der Waals surface area contributed by atoms with Crippen LogP contribution in [0.2, 0.25) is 0 Å². The Balaban J connectivity index is 2.29. The van der Waals surface area contributed by atoms with Gasteiger partial charge in [0.15, 0.2) is 6.73 Å². The summed E-state index contributed by atoms with van der Waals surface area (Å²) in [7, 11) is 0. The smallest absolute Gasteiger partial charge is 0.158 e. The second-order valence-electron chi connectivity index (χ2n) is 2.37. The van der Waals surface area contributed by atoms with Crippen molar-refractivity contribution < 1.29 is 4.74 Å². The predicted octanol–water partition coefficient (Wildman–Crippen LogP) is 1.56. The van der Waals surface area contributed by atoms with Crippen molar-refractivity contribution >= 4 is 5.76 Å². The molecule has 0 saturated heterocycles. The number of hydrogen-bond acceptors (Lipinski definition) is 2. The Morgan fingerprint density at radius 3 is 2.64 bits per heavy atom. The third kappa shape index (κ3) is 1.19. The van der Waals surface area contributed by atoms with Crippen molar-refractivity contribution in [1.29, 1.82) is 0 Å². The van der Waals surface area contributed by atoms with Crippen LogP contribution in [-0.4, -0.2) is 6.73 Å². The molecule has 56 valence electrons. The van der Waals surface area contributed by atoms with Gasteiger partial charge in [0.1, 0.15) is 5.76 Å². The fourth-order valence-electron chi connectivity index (χ4n) is 1.06. The van der Waals surface area contributed by atoms with Crippen LogP contribution in [0.3, 0.4) is 0 Å². The summed E-state index contributed by atoms with van der Waals surface area (Å²) >= 11 is 0. The van der Waals surface area contributed by atoms with E-state index in [0.717, 1.165) is 11.3 Å². The molecule has 1 aliphatic rings. The second kappa shape index (κ2) is 2.66. The monoisotopic (exact) mass is 147 g/mol. The topological polar surface area (TPSA) is 21.3 Å². The molecule has 1 aromatic rings. The first kappa shape index (κ1) is 6.28. The van der Waals surface area contributed by atoms with Crippen LogP contribution in [0, 0.1) is 0 Å². The maximum Gasteiger partial charge on any atom is 0.158 e. The van der Waals surface area contributed by atoms with Gasteiger partial charge in [-0.3, -0.25) is 0 Å². The summed E-state index contributed by atoms with van der Waals surface area (Å²) in [4.78, 5) is 0. The summed E-state index contributed by atoms with van der Waals surface area (Å²) in [6.45, 7) is 0.588. The van der Waals surface area contributed by atoms with Gasteiger partial charge in [0.05, 0.1) is 0 Å². The molecular formula is C9H9NO. The molecule has 0 aliphatic carbocycles. The Hall–Kier alpha value is -1.44. The van der Waals surface area contributed by atoms with Crippen molar-refractivity contribution in [3.8, 4) is 0 Å². The van der Waals surface area contributed by atoms with Gasteiger partial charge in [0.2, 0.25) is 0 Å². The molecule has 0 saturated carbocycles. The summed E-state index contributed by atoms with van der Waals surface area (Å²) < 4.78 is 5.29. The number of rotatable bonds is 1. The Morgan fingerprint density at radius 1 is 1.18 bits per heavy atom. The first-order chi connectivity index (χ1) is 5.47. The molecule has 0 amide bonds. The van der Waals surface area contributed by atoms with Crippen molar-refractivity contribution in [1.82, 2.24) is 5.32 Å². The van der Waals surface area contributed by atoms with Crippen LogP contribution in [0.1, 0.15) is 5.56 Å². The molecule has 1 aliphatic heterocycles. The number of benzene rings is 1. The van der Waals surface area contributed by atoms with E-state index in [0.29, 0.717) is 6.73 Å². The van der Waals surface area contributed by atoms with Gasteiger partial charge in [-0.1, -0.05) is 30.3 Å². The number of ether oxygens (including phenoxy) is 1. The second-order valence-corrected chi connectivity index (χ2v) is 2.37. The number of hydrogen-bond donors (Lipinski definition) is 1. The minimum Gasteiger partial charge on any atom is -0.471 e. The molecule has 2 heteroatoms. The zero-order valence-electron chi connectivity index (χ0n) is 6.08. The van der Waals surface area contributed by atoms with Gasteiger partial charge in [0, 0.05) is 11.8 Å². The van der Waals surface area contributed by atoms with Crippen LogP contribution in [0.15, 0.2) is 36.5 Å². The van der Waals surface area contributed by atoms with E-state index in [-0.39, 0.29) is 0 Å². The minimum absolute atomic E-state index is 0.588. The third-order valence-electron chi connectivity index (χ3n) is 1.60. The zero-order chi connectivity index (χ0) is 7.52. The highest BCUT2D eigenvalue weighted by molar-refractivity contribution is 5.60. The summed E-state index contributed by atoms with van der Waals surface area (Å²) in [5, 5.41) is 2.99. The molecule has 1 aromatic carbocycles. The molecule has 11 heavy (non-hydrogen) atoms. The fourth-order valence-corrected chi connectivity index (χ4v) is 1.06. The fraction of sp³-hybridized carbons (Fsp3) is 0.111. The van der Waals surface area contributed by atoms with Crippen LogP contribution >= 0.6 is 0 Å². The molecule has 0 spiro atoms. The minimum atomic E-state index is 0.588. The summed E-state index contributed by atoms with van der Waals surface area (Å²) in [6, 6.07) is 10.0. The molecule has 0 radical (unpaired) electrons. The lowest BCUT2D eigenvalue weighted by atomic mass is 10.2. The van der Waals surface area contributed by atoms with E-state index >= 15 is 0 Å². The normalized spacial score (nSPS) is 15.1. The summed E-state index contributed by atoms with van der Waals surface area (Å²) in [5.74, 6) is 0.922. The van der Waals surface area contributed by atoms with E-state index in [2.05, 4.69) is 5.32 Å². The molecule has 0 fully saturated rings. The lowest BCUT2D eigenvalue weighted by Gasteiger charge is -2.00. The van der Waals surface area contributed by atoms with E-state index in [1.807, 2.05) is 36.5 Å². The SMILES string of the molecule is C1=C(c2ccccc2)OCN1. The Morgan fingerprint density at radius 2 is 2.00 bits per heavy atom. The van der Waals surface area contributed by atoms with Gasteiger partial charge in [-0.2, -0.15) is 0 Å². The highest BCUT2D eigenvalue weighted by Crippen LogP contribution is 2.16. The quantitative estimate of drug-likeness (QED) is 0.651. The van der Waals surface area contributed by atoms with Gasteiger partial charge < -0.3 is 10.1 Å². The number of nitrogens with one attached hydrogen (secondary N) is 1. The van der Waals surface area contributed by atoms with E-state index in [1.54, 1.807) is 0 Å². The van der Waals surface area contributed by atoms with Crippen LogP contribution in [-0.2, 0) is 4.74 Å². The Bertz CT molecular complexity index is 266. The van der Waals surface area contributed by atoms with Gasteiger partial charge in [-0.25, -0.2) is 0 Å². The van der Waals surface area contributed by atoms with Crippen molar-refractivity contribution in [2.24, 2.45) is 0 Å². The maximum absolute atomic E-state index is 5.29. The van der Waals surface area contributed by atoms with Crippen LogP contribution < -0.4 is 5.32 Å². The third-order valence-corrected chi connectivity index (χ3v) is 1.60. The average molecular weight is 147 g/mol. The first-order valence-electron chi connectivity index (χ1n) is 3.58. The molecule has 0 atom stereocenters. The Kier molecular flexibility index (Phi) is 1.52. The predicted molar refractivity (Wildman–Crippen MR) is 43.5 cm³/mol. The molecule has 1 N–H and O–H groups in total. The molecule has 0 aromatic heterocycles. The molecule has 0 bridgehead atoms. The van der Waals surface area contributed by atoms with Gasteiger partial charge >= 0.3 is 0 Å². The molecule has 1 heterocycles. The molecule has 2 rings (SSSR count). The lowest BCUT2D eigenvalue weighted by Crippen LogP contribution is -1.98. The van der Waals surface area contributed by atoms with Gasteiger partial charge in [-0.15, -0.1) is 0 Å². The first-order valence-corrected chi connectivity index (χ1v) is 3.58. The van der Waals surface area contributed by atoms with E-state index in [9.17, 15) is 0 Å². The molecular weight excluding hydrogens is 138 g/mol. The van der Waals surface area contributed by atoms with E-state index < -0.39 is 0 Å². The lowest BCUT2D eigenvalue weighted by molar-refractivity contribution is 0.291. The molecule has 2 nitrogen and oxygen atoms in total. The van der Waals surface area contributed by atoms with Gasteiger partial charge in [-0.05, 0) is 0 Å². The zero-order valence-corrected chi connectivity index (χ0v) is 6.08. The highest BCUT2D eigenvalue weighted by atomic mass is 16.5. The summed E-state index contributed by atoms with van der Waals surface area (Å²) in [6.07, 6.45) is 1.88. The van der Waals surface area contributed by atoms with Crippen LogP contribution in [0.5, 0.6) is 0 Å². The summed E-state index contributed by atoms with van der Waals surface area (Å²) in [5.41, 5.74) is 1.12. The van der Waals surface area contributed by atoms with Crippen molar-refractivity contribution in [3.05, 3.63) is 42.1 Å². The van der Waals surface area contributed by atoms with E-state index in [4.69, 9.17) is 4.74 Å². The van der Waals surface area contributed by atoms with Crippen molar-refractivity contribution in [2.45, 2.75) is 0 Å².